The van der Waals surface area contributed by atoms with Crippen LogP contribution in [0.3, 0.4) is 0 Å². The molecule has 2 aliphatic heterocycles. The summed E-state index contributed by atoms with van der Waals surface area (Å²) in [4.78, 5) is 32.2. The number of aromatic amines is 1. The molecular weight excluding hydrogens is 398 g/mol. The van der Waals surface area contributed by atoms with Gasteiger partial charge < -0.3 is 15.2 Å². The highest BCUT2D eigenvalue weighted by atomic mass is 16.2. The lowest BCUT2D eigenvalue weighted by Crippen LogP contribution is -2.52. The Balaban J connectivity index is 1.35. The number of nitrogens with zero attached hydrogens (tertiary/aromatic N) is 1. The van der Waals surface area contributed by atoms with Gasteiger partial charge in [-0.15, -0.1) is 0 Å². The highest BCUT2D eigenvalue weighted by Gasteiger charge is 2.48. The largest absolute Gasteiger partial charge is 0.356 e. The van der Waals surface area contributed by atoms with Gasteiger partial charge in [-0.25, -0.2) is 0 Å². The van der Waals surface area contributed by atoms with Crippen molar-refractivity contribution in [1.82, 2.24) is 15.2 Å². The van der Waals surface area contributed by atoms with Crippen LogP contribution in [0.5, 0.6) is 0 Å². The maximum Gasteiger partial charge on any atom is 0.255 e. The molecule has 2 N–H and O–H groups in total. The summed E-state index contributed by atoms with van der Waals surface area (Å²) in [5.74, 6) is -0.103. The van der Waals surface area contributed by atoms with Crippen LogP contribution >= 0.6 is 0 Å². The Morgan fingerprint density at radius 1 is 1.09 bits per heavy atom. The van der Waals surface area contributed by atoms with Gasteiger partial charge in [0.05, 0.1) is 6.04 Å². The van der Waals surface area contributed by atoms with Crippen molar-refractivity contribution < 1.29 is 9.59 Å². The molecule has 32 heavy (non-hydrogen) atoms. The Kier molecular flexibility index (Phi) is 4.63. The molecule has 0 radical (unpaired) electrons. The minimum atomic E-state index is -0.507. The number of para-hydroxylation sites is 1. The fraction of sp³-hybridized carbons (Fsp3) is 0.333. The smallest absolute Gasteiger partial charge is 0.255 e. The highest BCUT2D eigenvalue weighted by Crippen LogP contribution is 2.46. The lowest BCUT2D eigenvalue weighted by molar-refractivity contribution is -0.126. The van der Waals surface area contributed by atoms with Gasteiger partial charge in [0.15, 0.2) is 0 Å². The molecule has 0 saturated carbocycles. The molecule has 162 valence electrons. The summed E-state index contributed by atoms with van der Waals surface area (Å²) in [7, 11) is 0. The Hall–Kier alpha value is -3.34. The standard InChI is InChI=1S/C27H27N3O2/c31-26(28-15-14-17-8-2-1-3-9-17)23-16-21-18-10-6-7-13-22(18)29-24(21)25-19-11-4-5-12-20(19)27(32)30(23)25/h4-8,10-13,23,25,29H,1-3,9,14-16H2,(H,28,31). The normalized spacial score (nSPS) is 21.7. The Morgan fingerprint density at radius 2 is 1.94 bits per heavy atom. The lowest BCUT2D eigenvalue weighted by Gasteiger charge is -2.37. The number of fused-ring (bicyclic) bond motifs is 7. The van der Waals surface area contributed by atoms with E-state index in [0.717, 1.165) is 47.0 Å². The van der Waals surface area contributed by atoms with Crippen molar-refractivity contribution in [2.45, 2.75) is 50.6 Å². The first-order valence-corrected chi connectivity index (χ1v) is 11.7. The Bertz CT molecular complexity index is 1250. The molecule has 2 aromatic carbocycles. The molecule has 2 atom stereocenters. The molecule has 3 aromatic rings. The Labute approximate surface area is 187 Å². The molecule has 2 amide bonds. The van der Waals surface area contributed by atoms with Crippen molar-refractivity contribution >= 4 is 22.7 Å². The molecule has 0 fully saturated rings. The summed E-state index contributed by atoms with van der Waals surface area (Å²) in [6, 6.07) is 15.2. The molecule has 0 saturated heterocycles. The van der Waals surface area contributed by atoms with Crippen LogP contribution in [0.25, 0.3) is 10.9 Å². The van der Waals surface area contributed by atoms with Crippen LogP contribution in [0.15, 0.2) is 60.2 Å². The minimum absolute atomic E-state index is 0.0509. The van der Waals surface area contributed by atoms with E-state index in [1.165, 1.54) is 18.4 Å². The quantitative estimate of drug-likeness (QED) is 0.598. The second-order valence-corrected chi connectivity index (χ2v) is 9.13. The first kappa shape index (κ1) is 19.4. The molecule has 0 spiro atoms. The number of aromatic nitrogens is 1. The summed E-state index contributed by atoms with van der Waals surface area (Å²) in [6.45, 7) is 0.627. The van der Waals surface area contributed by atoms with Crippen LogP contribution in [-0.2, 0) is 11.2 Å². The van der Waals surface area contributed by atoms with Gasteiger partial charge in [0.2, 0.25) is 5.91 Å². The van der Waals surface area contributed by atoms with E-state index in [9.17, 15) is 9.59 Å². The molecule has 5 nitrogen and oxygen atoms in total. The average molecular weight is 426 g/mol. The average Bonchev–Trinajstić information content (AvgIpc) is 3.35. The summed E-state index contributed by atoms with van der Waals surface area (Å²) in [6.07, 6.45) is 8.55. The van der Waals surface area contributed by atoms with Crippen LogP contribution in [0.4, 0.5) is 0 Å². The zero-order valence-electron chi connectivity index (χ0n) is 18.1. The number of hydrogen-bond acceptors (Lipinski definition) is 2. The van der Waals surface area contributed by atoms with Crippen LogP contribution in [0.1, 0.15) is 65.3 Å². The van der Waals surface area contributed by atoms with E-state index in [1.807, 2.05) is 36.4 Å². The van der Waals surface area contributed by atoms with Gasteiger partial charge in [0, 0.05) is 35.1 Å². The zero-order valence-corrected chi connectivity index (χ0v) is 18.1. The van der Waals surface area contributed by atoms with E-state index in [2.05, 4.69) is 28.5 Å². The SMILES string of the molecule is O=C(NCCC1=CCCCC1)C1Cc2c([nH]c3ccccc23)C2c3ccccc3C(=O)N12. The topological polar surface area (TPSA) is 65.2 Å². The highest BCUT2D eigenvalue weighted by molar-refractivity contribution is 6.03. The molecule has 2 unspecified atom stereocenters. The van der Waals surface area contributed by atoms with Crippen molar-refractivity contribution in [2.75, 3.05) is 6.54 Å². The molecule has 3 aliphatic rings. The maximum absolute atomic E-state index is 13.4. The summed E-state index contributed by atoms with van der Waals surface area (Å²) in [5.41, 5.74) is 6.38. The number of hydrogen-bond donors (Lipinski definition) is 2. The third-order valence-corrected chi connectivity index (χ3v) is 7.28. The first-order chi connectivity index (χ1) is 15.7. The van der Waals surface area contributed by atoms with E-state index >= 15 is 0 Å². The molecular formula is C27H27N3O2. The van der Waals surface area contributed by atoms with Crippen molar-refractivity contribution in [3.8, 4) is 0 Å². The second kappa shape index (κ2) is 7.66. The van der Waals surface area contributed by atoms with Gasteiger partial charge in [-0.2, -0.15) is 0 Å². The summed E-state index contributed by atoms with van der Waals surface area (Å²) >= 11 is 0. The van der Waals surface area contributed by atoms with E-state index in [4.69, 9.17) is 0 Å². The van der Waals surface area contributed by atoms with Crippen molar-refractivity contribution in [3.63, 3.8) is 0 Å². The number of rotatable bonds is 4. The van der Waals surface area contributed by atoms with Crippen LogP contribution < -0.4 is 5.32 Å². The molecule has 3 heterocycles. The first-order valence-electron chi connectivity index (χ1n) is 11.7. The number of amides is 2. The maximum atomic E-state index is 13.4. The van der Waals surface area contributed by atoms with Gasteiger partial charge in [-0.3, -0.25) is 9.59 Å². The van der Waals surface area contributed by atoms with E-state index in [1.54, 1.807) is 4.90 Å². The van der Waals surface area contributed by atoms with Gasteiger partial charge in [0.1, 0.15) is 6.04 Å². The van der Waals surface area contributed by atoms with Gasteiger partial charge in [0.25, 0.3) is 5.91 Å². The monoisotopic (exact) mass is 425 g/mol. The summed E-state index contributed by atoms with van der Waals surface area (Å²) < 4.78 is 0. The molecule has 6 rings (SSSR count). The van der Waals surface area contributed by atoms with Gasteiger partial charge in [-0.05, 0) is 55.4 Å². The number of H-pyrrole nitrogens is 1. The molecule has 5 heteroatoms. The van der Waals surface area contributed by atoms with Crippen LogP contribution in [-0.4, -0.2) is 34.3 Å². The number of nitrogens with one attached hydrogen (secondary N) is 2. The third kappa shape index (κ3) is 2.99. The predicted octanol–water partition coefficient (Wildman–Crippen LogP) is 4.64. The molecule has 1 aliphatic carbocycles. The molecule has 1 aromatic heterocycles. The predicted molar refractivity (Wildman–Crippen MR) is 124 cm³/mol. The number of benzene rings is 2. The van der Waals surface area contributed by atoms with Crippen LogP contribution in [0, 0.1) is 0 Å². The number of allylic oxidation sites excluding steroid dienone is 1. The minimum Gasteiger partial charge on any atom is -0.356 e. The van der Waals surface area contributed by atoms with Crippen molar-refractivity contribution in [3.05, 3.63) is 82.6 Å². The lowest BCUT2D eigenvalue weighted by atomic mass is 9.90. The summed E-state index contributed by atoms with van der Waals surface area (Å²) in [5, 5.41) is 4.29. The van der Waals surface area contributed by atoms with E-state index < -0.39 is 6.04 Å². The van der Waals surface area contributed by atoms with Gasteiger partial charge in [-0.1, -0.05) is 48.0 Å². The number of carbonyl (C=O) groups excluding carboxylic acids is 2. The molecule has 0 bridgehead atoms. The van der Waals surface area contributed by atoms with E-state index in [-0.39, 0.29) is 17.9 Å². The van der Waals surface area contributed by atoms with Gasteiger partial charge >= 0.3 is 0 Å². The zero-order chi connectivity index (χ0) is 21.7. The third-order valence-electron chi connectivity index (χ3n) is 7.28. The van der Waals surface area contributed by atoms with E-state index in [0.29, 0.717) is 18.5 Å². The van der Waals surface area contributed by atoms with Crippen molar-refractivity contribution in [2.24, 2.45) is 0 Å². The fourth-order valence-electron chi connectivity index (χ4n) is 5.73. The number of carbonyl (C=O) groups is 2. The van der Waals surface area contributed by atoms with Crippen LogP contribution in [0.2, 0.25) is 0 Å². The Morgan fingerprint density at radius 3 is 2.81 bits per heavy atom. The fourth-order valence-corrected chi connectivity index (χ4v) is 5.73. The van der Waals surface area contributed by atoms with Crippen molar-refractivity contribution in [1.29, 1.82) is 0 Å². The second-order valence-electron chi connectivity index (χ2n) is 9.13.